The first-order chi connectivity index (χ1) is 14.0. The number of hydrogen-bond acceptors (Lipinski definition) is 4. The van der Waals surface area contributed by atoms with E-state index in [0.717, 1.165) is 44.1 Å². The van der Waals surface area contributed by atoms with Crippen LogP contribution in [-0.2, 0) is 9.53 Å². The number of guanidine groups is 1. The van der Waals surface area contributed by atoms with E-state index in [1.165, 1.54) is 51.6 Å². The quantitative estimate of drug-likeness (QED) is 0.311. The zero-order valence-corrected chi connectivity index (χ0v) is 21.4. The maximum absolute atomic E-state index is 12.0. The predicted molar refractivity (Wildman–Crippen MR) is 132 cm³/mol. The van der Waals surface area contributed by atoms with Crippen LogP contribution in [0.2, 0.25) is 0 Å². The second-order valence-corrected chi connectivity index (χ2v) is 9.43. The first kappa shape index (κ1) is 25.6. The summed E-state index contributed by atoms with van der Waals surface area (Å²) in [7, 11) is 3.55. The van der Waals surface area contributed by atoms with Crippen LogP contribution in [-0.4, -0.2) is 87.2 Å². The Balaban J connectivity index is 0.00000320. The van der Waals surface area contributed by atoms with E-state index in [4.69, 9.17) is 4.74 Å². The molecule has 2 saturated heterocycles. The highest BCUT2D eigenvalue weighted by molar-refractivity contribution is 14.0. The third-order valence-corrected chi connectivity index (χ3v) is 6.83. The van der Waals surface area contributed by atoms with Gasteiger partial charge >= 0.3 is 0 Å². The number of amides is 1. The molecule has 2 aliphatic heterocycles. The number of rotatable bonds is 6. The molecule has 3 fully saturated rings. The van der Waals surface area contributed by atoms with Crippen LogP contribution in [0.3, 0.4) is 0 Å². The van der Waals surface area contributed by atoms with Crippen LogP contribution in [0, 0.1) is 11.8 Å². The molecule has 0 spiro atoms. The van der Waals surface area contributed by atoms with Crippen molar-refractivity contribution in [2.75, 3.05) is 53.5 Å². The molecule has 0 aromatic heterocycles. The number of halogens is 1. The smallest absolute Gasteiger partial charge is 0.243 e. The molecule has 0 aromatic rings. The van der Waals surface area contributed by atoms with Crippen LogP contribution in [0.4, 0.5) is 0 Å². The van der Waals surface area contributed by atoms with Crippen LogP contribution < -0.4 is 10.6 Å². The largest absolute Gasteiger partial charge is 0.381 e. The monoisotopic (exact) mass is 535 g/mol. The summed E-state index contributed by atoms with van der Waals surface area (Å²) in [5.41, 5.74) is 0. The lowest BCUT2D eigenvalue weighted by molar-refractivity contribution is -0.127. The molecule has 0 radical (unpaired) electrons. The van der Waals surface area contributed by atoms with E-state index in [-0.39, 0.29) is 36.4 Å². The summed E-state index contributed by atoms with van der Waals surface area (Å²) in [6, 6.07) is 1.19. The standard InChI is InChI=1S/C22H41N5O2.HI/c1-17-8-11-27(12-9-17)20-6-4-19(5-7-20)25-22(24-15-21(28)26(2)3)23-14-18-10-13-29-16-18;/h17-20H,4-16H2,1-3H3,(H2,23,24,25);1H. The Labute approximate surface area is 199 Å². The van der Waals surface area contributed by atoms with Crippen molar-refractivity contribution in [2.45, 2.75) is 64.0 Å². The number of nitrogens with zero attached hydrogens (tertiary/aromatic N) is 3. The van der Waals surface area contributed by atoms with Gasteiger partial charge in [0.15, 0.2) is 5.96 Å². The molecule has 1 aliphatic carbocycles. The number of carbonyl (C=O) groups excluding carboxylic acids is 1. The highest BCUT2D eigenvalue weighted by Crippen LogP contribution is 2.27. The van der Waals surface area contributed by atoms with Gasteiger partial charge in [-0.05, 0) is 64.0 Å². The number of hydrogen-bond donors (Lipinski definition) is 2. The molecular weight excluding hydrogens is 493 g/mol. The van der Waals surface area contributed by atoms with Crippen LogP contribution in [0.1, 0.15) is 51.9 Å². The van der Waals surface area contributed by atoms with Gasteiger partial charge in [0.1, 0.15) is 6.54 Å². The summed E-state index contributed by atoms with van der Waals surface area (Å²) in [5.74, 6) is 2.23. The van der Waals surface area contributed by atoms with Gasteiger partial charge < -0.3 is 25.2 Å². The molecule has 1 amide bonds. The second kappa shape index (κ2) is 13.1. The molecule has 0 bridgehead atoms. The third-order valence-electron chi connectivity index (χ3n) is 6.83. The van der Waals surface area contributed by atoms with Gasteiger partial charge in [-0.2, -0.15) is 0 Å². The Kier molecular flexibility index (Phi) is 11.2. The van der Waals surface area contributed by atoms with E-state index >= 15 is 0 Å². The summed E-state index contributed by atoms with van der Waals surface area (Å²) in [6.07, 6.45) is 8.65. The fraction of sp³-hybridized carbons (Fsp3) is 0.909. The number of nitrogens with one attached hydrogen (secondary N) is 2. The minimum Gasteiger partial charge on any atom is -0.381 e. The first-order valence-electron chi connectivity index (χ1n) is 11.6. The lowest BCUT2D eigenvalue weighted by Crippen LogP contribution is -2.49. The topological polar surface area (TPSA) is 69.2 Å². The van der Waals surface area contributed by atoms with Gasteiger partial charge in [-0.15, -0.1) is 24.0 Å². The van der Waals surface area contributed by atoms with Gasteiger partial charge in [0.25, 0.3) is 0 Å². The van der Waals surface area contributed by atoms with Gasteiger partial charge in [0.05, 0.1) is 6.61 Å². The Hall–Kier alpha value is -0.610. The van der Waals surface area contributed by atoms with Crippen LogP contribution in [0.15, 0.2) is 4.99 Å². The highest BCUT2D eigenvalue weighted by atomic mass is 127. The van der Waals surface area contributed by atoms with Crippen molar-refractivity contribution in [1.29, 1.82) is 0 Å². The Bertz CT molecular complexity index is 538. The van der Waals surface area contributed by atoms with Gasteiger partial charge in [-0.25, -0.2) is 4.99 Å². The molecule has 30 heavy (non-hydrogen) atoms. The summed E-state index contributed by atoms with van der Waals surface area (Å²) in [6.45, 7) is 7.63. The Morgan fingerprint density at radius 3 is 2.40 bits per heavy atom. The number of likely N-dealkylation sites (N-methyl/N-ethyl adjacent to an activating group) is 1. The number of aliphatic imine (C=N–C) groups is 1. The molecule has 8 heteroatoms. The predicted octanol–water partition coefficient (Wildman–Crippen LogP) is 2.31. The molecule has 7 nitrogen and oxygen atoms in total. The van der Waals surface area contributed by atoms with Crippen LogP contribution >= 0.6 is 24.0 Å². The summed E-state index contributed by atoms with van der Waals surface area (Å²) >= 11 is 0. The normalized spacial score (nSPS) is 28.6. The van der Waals surface area contributed by atoms with Gasteiger partial charge in [-0.3, -0.25) is 4.79 Å². The average Bonchev–Trinajstić information content (AvgIpc) is 3.24. The van der Waals surface area contributed by atoms with E-state index in [1.807, 2.05) is 0 Å². The number of ether oxygens (including phenoxy) is 1. The summed E-state index contributed by atoms with van der Waals surface area (Å²) in [4.78, 5) is 20.9. The zero-order chi connectivity index (χ0) is 20.6. The van der Waals surface area contributed by atoms with E-state index in [1.54, 1.807) is 19.0 Å². The molecule has 1 atom stereocenters. The average molecular weight is 536 g/mol. The van der Waals surface area contributed by atoms with Crippen LogP contribution in [0.5, 0.6) is 0 Å². The molecule has 2 N–H and O–H groups in total. The van der Waals surface area contributed by atoms with E-state index in [9.17, 15) is 4.79 Å². The van der Waals surface area contributed by atoms with Crippen molar-refractivity contribution in [3.63, 3.8) is 0 Å². The molecule has 2 heterocycles. The Morgan fingerprint density at radius 1 is 1.10 bits per heavy atom. The molecule has 3 rings (SSSR count). The maximum Gasteiger partial charge on any atom is 0.243 e. The van der Waals surface area contributed by atoms with E-state index in [0.29, 0.717) is 12.0 Å². The number of likely N-dealkylation sites (tertiary alicyclic amines) is 1. The molecule has 1 unspecified atom stereocenters. The van der Waals surface area contributed by atoms with Crippen molar-refractivity contribution in [3.05, 3.63) is 0 Å². The van der Waals surface area contributed by atoms with Gasteiger partial charge in [-0.1, -0.05) is 6.92 Å². The molecule has 0 aromatic carbocycles. The summed E-state index contributed by atoms with van der Waals surface area (Å²) in [5, 5.41) is 7.07. The number of piperidine rings is 1. The summed E-state index contributed by atoms with van der Waals surface area (Å²) < 4.78 is 5.48. The molecule has 1 saturated carbocycles. The fourth-order valence-corrected chi connectivity index (χ4v) is 4.60. The molecule has 3 aliphatic rings. The lowest BCUT2D eigenvalue weighted by atomic mass is 9.88. The van der Waals surface area contributed by atoms with Crippen molar-refractivity contribution < 1.29 is 9.53 Å². The third kappa shape index (κ3) is 8.15. The molecular formula is C22H42IN5O2. The lowest BCUT2D eigenvalue weighted by Gasteiger charge is -2.40. The van der Waals surface area contributed by atoms with Gasteiger partial charge in [0.2, 0.25) is 5.91 Å². The molecule has 174 valence electrons. The maximum atomic E-state index is 12.0. The van der Waals surface area contributed by atoms with Crippen molar-refractivity contribution in [2.24, 2.45) is 16.8 Å². The van der Waals surface area contributed by atoms with Crippen molar-refractivity contribution >= 4 is 35.8 Å². The first-order valence-corrected chi connectivity index (χ1v) is 11.6. The SMILES string of the molecule is CC1CCN(C2CCC(NC(=NCC(=O)N(C)C)NCC3CCOC3)CC2)CC1.I. The van der Waals surface area contributed by atoms with Crippen LogP contribution in [0.25, 0.3) is 0 Å². The minimum absolute atomic E-state index is 0. The minimum atomic E-state index is 0. The van der Waals surface area contributed by atoms with Gasteiger partial charge in [0, 0.05) is 45.2 Å². The van der Waals surface area contributed by atoms with Crippen molar-refractivity contribution in [1.82, 2.24) is 20.4 Å². The van der Waals surface area contributed by atoms with Crippen molar-refractivity contribution in [3.8, 4) is 0 Å². The zero-order valence-electron chi connectivity index (χ0n) is 19.1. The second-order valence-electron chi connectivity index (χ2n) is 9.43. The number of carbonyl (C=O) groups is 1. The highest BCUT2D eigenvalue weighted by Gasteiger charge is 2.28. The Morgan fingerprint density at radius 2 is 1.80 bits per heavy atom. The van der Waals surface area contributed by atoms with E-state index in [2.05, 4.69) is 27.4 Å². The fourth-order valence-electron chi connectivity index (χ4n) is 4.60. The van der Waals surface area contributed by atoms with E-state index < -0.39 is 0 Å².